The van der Waals surface area contributed by atoms with Gasteiger partial charge in [0, 0.05) is 53.8 Å². The highest BCUT2D eigenvalue weighted by atomic mass is 16.1. The SMILES string of the molecule is CN1C(=CC(=O)/C(C#N)=C/C=C2\N(C)c3ccccc3C2(C)C)C(C)(C)c2ccccc21. The zero-order chi connectivity index (χ0) is 23.3. The Morgan fingerprint density at radius 3 is 1.81 bits per heavy atom. The van der Waals surface area contributed by atoms with Crippen molar-refractivity contribution in [3.63, 3.8) is 0 Å². The third kappa shape index (κ3) is 3.17. The van der Waals surface area contributed by atoms with Gasteiger partial charge in [0.2, 0.25) is 0 Å². The summed E-state index contributed by atoms with van der Waals surface area (Å²) in [5, 5.41) is 9.76. The largest absolute Gasteiger partial charge is 0.347 e. The summed E-state index contributed by atoms with van der Waals surface area (Å²) in [6.45, 7) is 8.55. The van der Waals surface area contributed by atoms with Crippen molar-refractivity contribution in [3.8, 4) is 6.07 Å². The van der Waals surface area contributed by atoms with E-state index in [1.54, 1.807) is 12.2 Å². The first-order chi connectivity index (χ1) is 15.1. The Bertz CT molecular complexity index is 1240. The fourth-order valence-electron chi connectivity index (χ4n) is 5.10. The van der Waals surface area contributed by atoms with Crippen LogP contribution in [0, 0.1) is 11.3 Å². The highest BCUT2D eigenvalue weighted by Crippen LogP contribution is 2.47. The molecule has 4 heteroatoms. The number of likely N-dealkylation sites (N-methyl/N-ethyl adjacent to an activating group) is 2. The predicted molar refractivity (Wildman–Crippen MR) is 131 cm³/mol. The molecule has 32 heavy (non-hydrogen) atoms. The molecule has 0 spiro atoms. The summed E-state index contributed by atoms with van der Waals surface area (Å²) < 4.78 is 0. The van der Waals surface area contributed by atoms with Gasteiger partial charge < -0.3 is 9.80 Å². The number of benzene rings is 2. The number of allylic oxidation sites excluding steroid dienone is 6. The monoisotopic (exact) mass is 423 g/mol. The molecule has 2 aliphatic rings. The summed E-state index contributed by atoms with van der Waals surface area (Å²) in [6.07, 6.45) is 5.19. The summed E-state index contributed by atoms with van der Waals surface area (Å²) >= 11 is 0. The third-order valence-electron chi connectivity index (χ3n) is 6.94. The number of anilines is 2. The molecule has 0 unspecified atom stereocenters. The smallest absolute Gasteiger partial charge is 0.198 e. The first-order valence-corrected chi connectivity index (χ1v) is 10.9. The number of nitriles is 1. The van der Waals surface area contributed by atoms with Crippen molar-refractivity contribution in [2.24, 2.45) is 0 Å². The van der Waals surface area contributed by atoms with Gasteiger partial charge in [0.15, 0.2) is 5.78 Å². The first-order valence-electron chi connectivity index (χ1n) is 10.9. The van der Waals surface area contributed by atoms with Crippen molar-refractivity contribution in [2.75, 3.05) is 23.9 Å². The number of hydrogen-bond acceptors (Lipinski definition) is 4. The predicted octanol–water partition coefficient (Wildman–Crippen LogP) is 5.63. The number of ketones is 1. The molecule has 0 N–H and O–H groups in total. The van der Waals surface area contributed by atoms with Crippen molar-refractivity contribution in [2.45, 2.75) is 38.5 Å². The third-order valence-corrected chi connectivity index (χ3v) is 6.94. The van der Waals surface area contributed by atoms with Gasteiger partial charge in [-0.1, -0.05) is 64.1 Å². The quantitative estimate of drug-likeness (QED) is 0.474. The molecule has 4 rings (SSSR count). The van der Waals surface area contributed by atoms with Crippen LogP contribution in [0.3, 0.4) is 0 Å². The highest BCUT2D eigenvalue weighted by Gasteiger charge is 2.39. The van der Waals surface area contributed by atoms with E-state index in [2.05, 4.69) is 62.9 Å². The van der Waals surface area contributed by atoms with Gasteiger partial charge in [0.1, 0.15) is 6.07 Å². The van der Waals surface area contributed by atoms with E-state index in [0.717, 1.165) is 22.8 Å². The van der Waals surface area contributed by atoms with E-state index < -0.39 is 0 Å². The molecule has 0 saturated carbocycles. The lowest BCUT2D eigenvalue weighted by Crippen LogP contribution is -2.24. The van der Waals surface area contributed by atoms with Gasteiger partial charge in [-0.2, -0.15) is 5.26 Å². The second-order valence-corrected chi connectivity index (χ2v) is 9.54. The van der Waals surface area contributed by atoms with E-state index in [9.17, 15) is 10.1 Å². The Hall–Kier alpha value is -3.58. The average Bonchev–Trinajstić information content (AvgIpc) is 3.09. The Kier molecular flexibility index (Phi) is 5.09. The summed E-state index contributed by atoms with van der Waals surface area (Å²) in [7, 11) is 3.99. The number of nitrogens with zero attached hydrogens (tertiary/aromatic N) is 3. The van der Waals surface area contributed by atoms with Gasteiger partial charge >= 0.3 is 0 Å². The minimum Gasteiger partial charge on any atom is -0.347 e. The fourth-order valence-corrected chi connectivity index (χ4v) is 5.10. The average molecular weight is 424 g/mol. The van der Waals surface area contributed by atoms with Crippen molar-refractivity contribution in [1.29, 1.82) is 5.26 Å². The molecule has 2 heterocycles. The topological polar surface area (TPSA) is 47.3 Å². The van der Waals surface area contributed by atoms with Gasteiger partial charge in [0.25, 0.3) is 0 Å². The number of hydrogen-bond donors (Lipinski definition) is 0. The van der Waals surface area contributed by atoms with Crippen LogP contribution in [0.5, 0.6) is 0 Å². The molecule has 162 valence electrons. The first kappa shape index (κ1) is 21.6. The van der Waals surface area contributed by atoms with Crippen LogP contribution in [0.1, 0.15) is 38.8 Å². The summed E-state index contributed by atoms with van der Waals surface area (Å²) in [6, 6.07) is 18.6. The molecular weight excluding hydrogens is 394 g/mol. The van der Waals surface area contributed by atoms with Crippen LogP contribution in [0.15, 0.2) is 83.7 Å². The van der Waals surface area contributed by atoms with E-state index in [0.29, 0.717) is 0 Å². The van der Waals surface area contributed by atoms with Crippen LogP contribution < -0.4 is 9.80 Å². The summed E-state index contributed by atoms with van der Waals surface area (Å²) in [5.41, 5.74) is 6.21. The molecule has 0 fully saturated rings. The van der Waals surface area contributed by atoms with E-state index in [1.807, 2.05) is 49.3 Å². The number of carbonyl (C=O) groups is 1. The Labute approximate surface area is 190 Å². The molecular formula is C28H29N3O. The lowest BCUT2D eigenvalue weighted by Gasteiger charge is -2.24. The van der Waals surface area contributed by atoms with Gasteiger partial charge in [-0.15, -0.1) is 0 Å². The van der Waals surface area contributed by atoms with Crippen LogP contribution in [-0.4, -0.2) is 19.9 Å². The normalized spacial score (nSPS) is 21.0. The zero-order valence-electron chi connectivity index (χ0n) is 19.6. The van der Waals surface area contributed by atoms with Gasteiger partial charge in [-0.3, -0.25) is 4.79 Å². The second-order valence-electron chi connectivity index (χ2n) is 9.54. The molecule has 4 nitrogen and oxygen atoms in total. The summed E-state index contributed by atoms with van der Waals surface area (Å²) in [4.78, 5) is 17.3. The number of para-hydroxylation sites is 2. The van der Waals surface area contributed by atoms with Crippen LogP contribution >= 0.6 is 0 Å². The van der Waals surface area contributed by atoms with Crippen LogP contribution in [-0.2, 0) is 15.6 Å². The highest BCUT2D eigenvalue weighted by molar-refractivity contribution is 6.08. The molecule has 2 aromatic carbocycles. The lowest BCUT2D eigenvalue weighted by molar-refractivity contribution is -0.111. The van der Waals surface area contributed by atoms with Gasteiger partial charge in [0.05, 0.1) is 5.57 Å². The number of carbonyl (C=O) groups excluding carboxylic acids is 1. The Morgan fingerprint density at radius 2 is 1.31 bits per heavy atom. The van der Waals surface area contributed by atoms with Gasteiger partial charge in [-0.25, -0.2) is 0 Å². The molecule has 0 radical (unpaired) electrons. The van der Waals surface area contributed by atoms with E-state index >= 15 is 0 Å². The van der Waals surface area contributed by atoms with Crippen molar-refractivity contribution in [3.05, 3.63) is 94.9 Å². The van der Waals surface area contributed by atoms with Crippen LogP contribution in [0.25, 0.3) is 0 Å². The Balaban J connectivity index is 1.69. The van der Waals surface area contributed by atoms with E-state index in [4.69, 9.17) is 0 Å². The molecule has 2 aromatic rings. The maximum absolute atomic E-state index is 13.1. The zero-order valence-corrected chi connectivity index (χ0v) is 19.6. The standard InChI is InChI=1S/C28H29N3O/c1-27(2)20-11-7-9-13-22(20)30(5)25(27)16-15-19(18-29)24(32)17-26-28(3,4)21-12-8-10-14-23(21)31(26)6/h7-17H,1-6H3/b19-15+,25-16-,26-17?. The second kappa shape index (κ2) is 7.53. The van der Waals surface area contributed by atoms with Crippen molar-refractivity contribution >= 4 is 17.2 Å². The fraction of sp³-hybridized carbons (Fsp3) is 0.286. The van der Waals surface area contributed by atoms with Crippen molar-refractivity contribution in [1.82, 2.24) is 0 Å². The minimum absolute atomic E-state index is 0.130. The van der Waals surface area contributed by atoms with E-state index in [-0.39, 0.29) is 22.2 Å². The Morgan fingerprint density at radius 1 is 0.844 bits per heavy atom. The minimum atomic E-state index is -0.310. The molecule has 0 aliphatic carbocycles. The van der Waals surface area contributed by atoms with Crippen molar-refractivity contribution < 1.29 is 4.79 Å². The van der Waals surface area contributed by atoms with Crippen LogP contribution in [0.4, 0.5) is 11.4 Å². The molecule has 2 aliphatic heterocycles. The maximum atomic E-state index is 13.1. The number of fused-ring (bicyclic) bond motifs is 2. The van der Waals surface area contributed by atoms with Crippen LogP contribution in [0.2, 0.25) is 0 Å². The molecule has 0 amide bonds. The maximum Gasteiger partial charge on any atom is 0.198 e. The summed E-state index contributed by atoms with van der Waals surface area (Å²) in [5.74, 6) is -0.275. The molecule has 0 aromatic heterocycles. The molecule has 0 bridgehead atoms. The molecule has 0 saturated heterocycles. The van der Waals surface area contributed by atoms with Gasteiger partial charge in [-0.05, 0) is 35.4 Å². The lowest BCUT2D eigenvalue weighted by atomic mass is 9.83. The van der Waals surface area contributed by atoms with E-state index in [1.165, 1.54) is 11.1 Å². The molecule has 0 atom stereocenters. The number of rotatable bonds is 3.